The van der Waals surface area contributed by atoms with E-state index < -0.39 is 0 Å². The monoisotopic (exact) mass is 246 g/mol. The van der Waals surface area contributed by atoms with Gasteiger partial charge in [-0.3, -0.25) is 4.79 Å². The summed E-state index contributed by atoms with van der Waals surface area (Å²) < 4.78 is 5.57. The number of amides is 1. The van der Waals surface area contributed by atoms with Crippen LogP contribution >= 0.6 is 0 Å². The van der Waals surface area contributed by atoms with Crippen LogP contribution in [-0.4, -0.2) is 29.8 Å². The van der Waals surface area contributed by atoms with Gasteiger partial charge in [0.2, 0.25) is 5.91 Å². The Bertz CT molecular complexity index is 429. The summed E-state index contributed by atoms with van der Waals surface area (Å²) in [4.78, 5) is 11.6. The average Bonchev–Trinajstić information content (AvgIpc) is 2.77. The minimum atomic E-state index is 0.103. The van der Waals surface area contributed by atoms with E-state index in [9.17, 15) is 4.79 Å². The zero-order valence-electron chi connectivity index (χ0n) is 10.6. The summed E-state index contributed by atoms with van der Waals surface area (Å²) in [5.41, 5.74) is 0.976. The Morgan fingerprint density at radius 2 is 2.11 bits per heavy atom. The Kier molecular flexibility index (Phi) is 4.34. The van der Waals surface area contributed by atoms with Crippen LogP contribution in [-0.2, 0) is 4.79 Å². The van der Waals surface area contributed by atoms with Crippen molar-refractivity contribution in [2.75, 3.05) is 13.2 Å². The molecule has 96 valence electrons. The van der Waals surface area contributed by atoms with E-state index in [1.54, 1.807) is 5.01 Å². The summed E-state index contributed by atoms with van der Waals surface area (Å²) in [7, 11) is 0. The molecule has 1 aromatic rings. The minimum Gasteiger partial charge on any atom is -0.494 e. The predicted molar refractivity (Wildman–Crippen MR) is 70.6 cm³/mol. The molecule has 0 spiro atoms. The fourth-order valence-electron chi connectivity index (χ4n) is 1.82. The Balaban J connectivity index is 1.70. The molecule has 0 unspecified atom stereocenters. The van der Waals surface area contributed by atoms with Gasteiger partial charge < -0.3 is 4.74 Å². The molecule has 1 heterocycles. The highest BCUT2D eigenvalue weighted by atomic mass is 16.5. The third kappa shape index (κ3) is 3.32. The van der Waals surface area contributed by atoms with Crippen molar-refractivity contribution in [2.24, 2.45) is 5.10 Å². The summed E-state index contributed by atoms with van der Waals surface area (Å²) in [6.45, 7) is 3.26. The molecule has 1 aromatic carbocycles. The van der Waals surface area contributed by atoms with Crippen molar-refractivity contribution in [1.29, 1.82) is 0 Å². The van der Waals surface area contributed by atoms with Gasteiger partial charge in [0, 0.05) is 18.7 Å². The van der Waals surface area contributed by atoms with Gasteiger partial charge in [-0.1, -0.05) is 25.1 Å². The largest absolute Gasteiger partial charge is 0.494 e. The minimum absolute atomic E-state index is 0.103. The van der Waals surface area contributed by atoms with Crippen LogP contribution in [0, 0.1) is 0 Å². The van der Waals surface area contributed by atoms with E-state index in [0.717, 1.165) is 24.3 Å². The number of para-hydroxylation sites is 1. The first-order valence-electron chi connectivity index (χ1n) is 6.34. The van der Waals surface area contributed by atoms with Gasteiger partial charge in [0.25, 0.3) is 0 Å². The zero-order chi connectivity index (χ0) is 12.8. The van der Waals surface area contributed by atoms with Gasteiger partial charge in [0.05, 0.1) is 13.0 Å². The lowest BCUT2D eigenvalue weighted by Crippen LogP contribution is -2.23. The average molecular weight is 246 g/mol. The highest BCUT2D eigenvalue weighted by molar-refractivity contribution is 6.04. The molecule has 1 aliphatic rings. The molecule has 0 saturated heterocycles. The summed E-state index contributed by atoms with van der Waals surface area (Å²) >= 11 is 0. The summed E-state index contributed by atoms with van der Waals surface area (Å²) in [6, 6.07) is 9.69. The lowest BCUT2D eigenvalue weighted by Gasteiger charge is -2.11. The van der Waals surface area contributed by atoms with Crippen LogP contribution in [0.3, 0.4) is 0 Å². The Morgan fingerprint density at radius 3 is 2.78 bits per heavy atom. The Morgan fingerprint density at radius 1 is 1.33 bits per heavy atom. The molecule has 0 aliphatic carbocycles. The molecule has 1 aliphatic heterocycles. The van der Waals surface area contributed by atoms with Gasteiger partial charge in [-0.15, -0.1) is 0 Å². The normalized spacial score (nSPS) is 14.8. The Hall–Kier alpha value is -1.84. The number of nitrogens with zero attached hydrogens (tertiary/aromatic N) is 2. The van der Waals surface area contributed by atoms with Crippen molar-refractivity contribution < 1.29 is 9.53 Å². The van der Waals surface area contributed by atoms with Gasteiger partial charge >= 0.3 is 0 Å². The smallest absolute Gasteiger partial charge is 0.248 e. The van der Waals surface area contributed by atoms with Crippen LogP contribution < -0.4 is 4.74 Å². The highest BCUT2D eigenvalue weighted by Gasteiger charge is 2.21. The lowest BCUT2D eigenvalue weighted by atomic mass is 10.2. The van der Waals surface area contributed by atoms with Gasteiger partial charge in [-0.2, -0.15) is 5.10 Å². The topological polar surface area (TPSA) is 41.9 Å². The summed E-state index contributed by atoms with van der Waals surface area (Å²) in [5.74, 6) is 0.967. The number of hydrogen-bond acceptors (Lipinski definition) is 3. The van der Waals surface area contributed by atoms with Crippen molar-refractivity contribution in [3.8, 4) is 5.75 Å². The standard InChI is InChI=1S/C14H18N2O2/c1-2-12-11-14(17)16(15-12)9-6-10-18-13-7-4-3-5-8-13/h3-5,7-8H,2,6,9-11H2,1H3. The maximum Gasteiger partial charge on any atom is 0.248 e. The fourth-order valence-corrected chi connectivity index (χ4v) is 1.82. The lowest BCUT2D eigenvalue weighted by molar-refractivity contribution is -0.128. The van der Waals surface area contributed by atoms with Crippen LogP contribution in [0.25, 0.3) is 0 Å². The molecule has 4 heteroatoms. The van der Waals surface area contributed by atoms with Gasteiger partial charge in [0.15, 0.2) is 0 Å². The molecule has 0 radical (unpaired) electrons. The second kappa shape index (κ2) is 6.19. The molecular weight excluding hydrogens is 228 g/mol. The number of hydrazone groups is 1. The second-order valence-corrected chi connectivity index (χ2v) is 4.23. The van der Waals surface area contributed by atoms with Crippen LogP contribution in [0.4, 0.5) is 0 Å². The van der Waals surface area contributed by atoms with Crippen molar-refractivity contribution in [3.05, 3.63) is 30.3 Å². The number of benzene rings is 1. The second-order valence-electron chi connectivity index (χ2n) is 4.23. The van der Waals surface area contributed by atoms with E-state index in [0.29, 0.717) is 19.6 Å². The zero-order valence-corrected chi connectivity index (χ0v) is 10.6. The molecular formula is C14H18N2O2. The molecule has 0 atom stereocenters. The highest BCUT2D eigenvalue weighted by Crippen LogP contribution is 2.12. The molecule has 1 amide bonds. The molecule has 2 rings (SSSR count). The van der Waals surface area contributed by atoms with Gasteiger partial charge in [-0.05, 0) is 18.6 Å². The number of carbonyl (C=O) groups excluding carboxylic acids is 1. The first-order valence-corrected chi connectivity index (χ1v) is 6.34. The molecule has 0 saturated carbocycles. The van der Waals surface area contributed by atoms with E-state index in [-0.39, 0.29) is 5.91 Å². The number of carbonyl (C=O) groups is 1. The van der Waals surface area contributed by atoms with E-state index >= 15 is 0 Å². The van der Waals surface area contributed by atoms with Crippen LogP contribution in [0.5, 0.6) is 5.75 Å². The van der Waals surface area contributed by atoms with Crippen molar-refractivity contribution in [2.45, 2.75) is 26.2 Å². The molecule has 4 nitrogen and oxygen atoms in total. The SMILES string of the molecule is CCC1=NN(CCCOc2ccccc2)C(=O)C1. The first kappa shape index (κ1) is 12.6. The number of rotatable bonds is 6. The van der Waals surface area contributed by atoms with Crippen LogP contribution in [0.15, 0.2) is 35.4 Å². The maximum absolute atomic E-state index is 11.6. The van der Waals surface area contributed by atoms with E-state index in [1.807, 2.05) is 37.3 Å². The van der Waals surface area contributed by atoms with E-state index in [1.165, 1.54) is 0 Å². The van der Waals surface area contributed by atoms with Crippen molar-refractivity contribution >= 4 is 11.6 Å². The molecule has 0 aromatic heterocycles. The number of ether oxygens (including phenoxy) is 1. The predicted octanol–water partition coefficient (Wildman–Crippen LogP) is 2.45. The summed E-state index contributed by atoms with van der Waals surface area (Å²) in [6.07, 6.45) is 2.12. The van der Waals surface area contributed by atoms with Gasteiger partial charge in [0.1, 0.15) is 5.75 Å². The van der Waals surface area contributed by atoms with Gasteiger partial charge in [-0.25, -0.2) is 5.01 Å². The molecule has 0 N–H and O–H groups in total. The first-order chi connectivity index (χ1) is 8.79. The van der Waals surface area contributed by atoms with E-state index in [2.05, 4.69) is 5.10 Å². The quantitative estimate of drug-likeness (QED) is 0.723. The third-order valence-electron chi connectivity index (χ3n) is 2.84. The third-order valence-corrected chi connectivity index (χ3v) is 2.84. The van der Waals surface area contributed by atoms with Crippen molar-refractivity contribution in [1.82, 2.24) is 5.01 Å². The number of hydrogen-bond donors (Lipinski definition) is 0. The Labute approximate surface area is 107 Å². The van der Waals surface area contributed by atoms with E-state index in [4.69, 9.17) is 4.74 Å². The maximum atomic E-state index is 11.6. The summed E-state index contributed by atoms with van der Waals surface area (Å²) in [5, 5.41) is 5.84. The van der Waals surface area contributed by atoms with Crippen molar-refractivity contribution in [3.63, 3.8) is 0 Å². The molecule has 18 heavy (non-hydrogen) atoms. The van der Waals surface area contributed by atoms with Crippen LogP contribution in [0.1, 0.15) is 26.2 Å². The molecule has 0 fully saturated rings. The fraction of sp³-hybridized carbons (Fsp3) is 0.429. The van der Waals surface area contributed by atoms with Crippen LogP contribution in [0.2, 0.25) is 0 Å². The molecule has 0 bridgehead atoms.